The summed E-state index contributed by atoms with van der Waals surface area (Å²) < 4.78 is 10.3. The van der Waals surface area contributed by atoms with Crippen LogP contribution in [0.5, 0.6) is 0 Å². The lowest BCUT2D eigenvalue weighted by Gasteiger charge is -2.34. The molecule has 1 atom stereocenters. The standard InChI is InChI=1S/C23H30N4O4.HI/c1-3-24-23(27-12-6-9-18(16-27)22(29)30-4-2)25-15-17-8-5-10-19(14-17)26-21(28)20-11-7-13-31-20;/h5,7-8,10-11,13-14,18H,3-4,6,9,12,15-16H2,1-2H3,(H,24,25)(H,26,28);1H. The van der Waals surface area contributed by atoms with Crippen molar-refractivity contribution < 1.29 is 18.7 Å². The first kappa shape index (κ1) is 25.7. The zero-order valence-electron chi connectivity index (χ0n) is 18.5. The van der Waals surface area contributed by atoms with Gasteiger partial charge in [0.25, 0.3) is 5.91 Å². The number of hydrogen-bond acceptors (Lipinski definition) is 5. The maximum absolute atomic E-state index is 12.2. The fraction of sp³-hybridized carbons (Fsp3) is 0.435. The summed E-state index contributed by atoms with van der Waals surface area (Å²) in [6, 6.07) is 10.9. The number of carbonyl (C=O) groups excluding carboxylic acids is 2. The molecule has 1 saturated heterocycles. The predicted octanol–water partition coefficient (Wildman–Crippen LogP) is 3.89. The molecule has 1 aliphatic heterocycles. The molecule has 1 aliphatic rings. The third-order valence-corrected chi connectivity index (χ3v) is 5.02. The molecule has 3 rings (SSSR count). The van der Waals surface area contributed by atoms with E-state index < -0.39 is 0 Å². The Balaban J connectivity index is 0.00000363. The second kappa shape index (κ2) is 13.1. The molecule has 0 radical (unpaired) electrons. The second-order valence-electron chi connectivity index (χ2n) is 7.34. The average Bonchev–Trinajstić information content (AvgIpc) is 3.32. The minimum Gasteiger partial charge on any atom is -0.466 e. The van der Waals surface area contributed by atoms with Crippen LogP contribution in [-0.4, -0.2) is 49.0 Å². The van der Waals surface area contributed by atoms with Crippen LogP contribution in [0.2, 0.25) is 0 Å². The van der Waals surface area contributed by atoms with Crippen molar-refractivity contribution in [3.63, 3.8) is 0 Å². The molecule has 8 nitrogen and oxygen atoms in total. The van der Waals surface area contributed by atoms with Crippen LogP contribution >= 0.6 is 24.0 Å². The normalized spacial score (nSPS) is 16.1. The Morgan fingerprint density at radius 2 is 2.09 bits per heavy atom. The van der Waals surface area contributed by atoms with E-state index in [4.69, 9.17) is 14.1 Å². The fourth-order valence-electron chi connectivity index (χ4n) is 3.56. The molecular weight excluding hydrogens is 523 g/mol. The first-order valence-electron chi connectivity index (χ1n) is 10.7. The van der Waals surface area contributed by atoms with Gasteiger partial charge >= 0.3 is 5.97 Å². The van der Waals surface area contributed by atoms with E-state index >= 15 is 0 Å². The summed E-state index contributed by atoms with van der Waals surface area (Å²) >= 11 is 0. The molecular formula is C23H31IN4O4. The molecule has 32 heavy (non-hydrogen) atoms. The molecule has 2 N–H and O–H groups in total. The van der Waals surface area contributed by atoms with Crippen molar-refractivity contribution in [2.75, 3.05) is 31.6 Å². The van der Waals surface area contributed by atoms with Gasteiger partial charge in [0.15, 0.2) is 11.7 Å². The number of anilines is 1. The third-order valence-electron chi connectivity index (χ3n) is 5.02. The monoisotopic (exact) mass is 554 g/mol. The van der Waals surface area contributed by atoms with Crippen molar-refractivity contribution in [3.8, 4) is 0 Å². The van der Waals surface area contributed by atoms with Gasteiger partial charge in [-0.3, -0.25) is 9.59 Å². The van der Waals surface area contributed by atoms with Crippen LogP contribution in [0.4, 0.5) is 5.69 Å². The molecule has 0 saturated carbocycles. The number of likely N-dealkylation sites (tertiary alicyclic amines) is 1. The number of ether oxygens (including phenoxy) is 1. The minimum absolute atomic E-state index is 0. The third kappa shape index (κ3) is 7.25. The van der Waals surface area contributed by atoms with Crippen molar-refractivity contribution in [1.29, 1.82) is 0 Å². The van der Waals surface area contributed by atoms with Gasteiger partial charge in [-0.1, -0.05) is 12.1 Å². The number of rotatable bonds is 7. The Hall–Kier alpha value is -2.56. The van der Waals surface area contributed by atoms with E-state index in [1.807, 2.05) is 38.1 Å². The summed E-state index contributed by atoms with van der Waals surface area (Å²) in [7, 11) is 0. The number of benzene rings is 1. The molecule has 1 fully saturated rings. The van der Waals surface area contributed by atoms with Gasteiger partial charge in [-0.15, -0.1) is 24.0 Å². The number of piperidine rings is 1. The summed E-state index contributed by atoms with van der Waals surface area (Å²) in [6.45, 7) is 6.88. The largest absolute Gasteiger partial charge is 0.466 e. The van der Waals surface area contributed by atoms with E-state index in [1.54, 1.807) is 12.1 Å². The summed E-state index contributed by atoms with van der Waals surface area (Å²) in [5.74, 6) is 0.485. The average molecular weight is 554 g/mol. The molecule has 9 heteroatoms. The highest BCUT2D eigenvalue weighted by Crippen LogP contribution is 2.19. The van der Waals surface area contributed by atoms with Crippen LogP contribution in [0, 0.1) is 5.92 Å². The number of guanidine groups is 1. The Labute approximate surface area is 205 Å². The number of hydrogen-bond donors (Lipinski definition) is 2. The molecule has 174 valence electrons. The SMILES string of the molecule is CCNC(=NCc1cccc(NC(=O)c2ccco2)c1)N1CCCC(C(=O)OCC)C1.I. The smallest absolute Gasteiger partial charge is 0.310 e. The van der Waals surface area contributed by atoms with Gasteiger partial charge in [-0.25, -0.2) is 4.99 Å². The highest BCUT2D eigenvalue weighted by molar-refractivity contribution is 14.0. The van der Waals surface area contributed by atoms with Crippen molar-refractivity contribution in [3.05, 3.63) is 54.0 Å². The molecule has 2 heterocycles. The topological polar surface area (TPSA) is 96.2 Å². The number of halogens is 1. The first-order valence-corrected chi connectivity index (χ1v) is 10.7. The van der Waals surface area contributed by atoms with Crippen LogP contribution < -0.4 is 10.6 Å². The van der Waals surface area contributed by atoms with Crippen LogP contribution in [0.1, 0.15) is 42.8 Å². The Morgan fingerprint density at radius 3 is 2.81 bits per heavy atom. The van der Waals surface area contributed by atoms with E-state index in [0.29, 0.717) is 25.4 Å². The van der Waals surface area contributed by atoms with E-state index in [1.165, 1.54) is 6.26 Å². The number of nitrogens with one attached hydrogen (secondary N) is 2. The summed E-state index contributed by atoms with van der Waals surface area (Å²) in [5.41, 5.74) is 1.64. The van der Waals surface area contributed by atoms with Gasteiger partial charge in [0.1, 0.15) is 0 Å². The molecule has 0 bridgehead atoms. The fourth-order valence-corrected chi connectivity index (χ4v) is 3.56. The highest BCUT2D eigenvalue weighted by Gasteiger charge is 2.28. The zero-order chi connectivity index (χ0) is 22.1. The minimum atomic E-state index is -0.294. The van der Waals surface area contributed by atoms with Crippen LogP contribution in [0.3, 0.4) is 0 Å². The molecule has 2 aromatic rings. The van der Waals surface area contributed by atoms with Gasteiger partial charge in [0, 0.05) is 25.3 Å². The number of nitrogens with zero attached hydrogens (tertiary/aromatic N) is 2. The molecule has 1 unspecified atom stereocenters. The maximum atomic E-state index is 12.2. The lowest BCUT2D eigenvalue weighted by Crippen LogP contribution is -2.48. The zero-order valence-corrected chi connectivity index (χ0v) is 20.8. The number of carbonyl (C=O) groups is 2. The molecule has 0 spiro atoms. The molecule has 1 aromatic heterocycles. The number of furan rings is 1. The molecule has 1 amide bonds. The van der Waals surface area contributed by atoms with Crippen molar-refractivity contribution in [2.24, 2.45) is 10.9 Å². The van der Waals surface area contributed by atoms with Crippen molar-refractivity contribution in [1.82, 2.24) is 10.2 Å². The molecule has 0 aliphatic carbocycles. The van der Waals surface area contributed by atoms with Gasteiger partial charge in [-0.2, -0.15) is 0 Å². The van der Waals surface area contributed by atoms with Crippen molar-refractivity contribution in [2.45, 2.75) is 33.2 Å². The van der Waals surface area contributed by atoms with Gasteiger partial charge in [-0.05, 0) is 56.5 Å². The van der Waals surface area contributed by atoms with Crippen LogP contribution in [-0.2, 0) is 16.1 Å². The quantitative estimate of drug-likeness (QED) is 0.234. The second-order valence-corrected chi connectivity index (χ2v) is 7.34. The van der Waals surface area contributed by atoms with E-state index in [0.717, 1.165) is 37.5 Å². The number of esters is 1. The van der Waals surface area contributed by atoms with Gasteiger partial charge in [0.2, 0.25) is 0 Å². The van der Waals surface area contributed by atoms with E-state index in [-0.39, 0.29) is 47.5 Å². The van der Waals surface area contributed by atoms with Gasteiger partial charge in [0.05, 0.1) is 25.3 Å². The Bertz CT molecular complexity index is 901. The van der Waals surface area contributed by atoms with Gasteiger partial charge < -0.3 is 24.7 Å². The highest BCUT2D eigenvalue weighted by atomic mass is 127. The van der Waals surface area contributed by atoms with Crippen molar-refractivity contribution >= 4 is 47.5 Å². The summed E-state index contributed by atoms with van der Waals surface area (Å²) in [4.78, 5) is 31.2. The maximum Gasteiger partial charge on any atom is 0.310 e. The Morgan fingerprint density at radius 1 is 1.25 bits per heavy atom. The Kier molecular flexibility index (Phi) is 10.5. The summed E-state index contributed by atoms with van der Waals surface area (Å²) in [6.07, 6.45) is 3.23. The van der Waals surface area contributed by atoms with E-state index in [2.05, 4.69) is 15.5 Å². The lowest BCUT2D eigenvalue weighted by atomic mass is 9.98. The first-order chi connectivity index (χ1) is 15.1. The molecule has 1 aromatic carbocycles. The van der Waals surface area contributed by atoms with E-state index in [9.17, 15) is 9.59 Å². The number of amides is 1. The van der Waals surface area contributed by atoms with Crippen LogP contribution in [0.15, 0.2) is 52.1 Å². The summed E-state index contributed by atoms with van der Waals surface area (Å²) in [5, 5.41) is 6.15. The predicted molar refractivity (Wildman–Crippen MR) is 134 cm³/mol. The lowest BCUT2D eigenvalue weighted by molar-refractivity contribution is -0.149. The van der Waals surface area contributed by atoms with Crippen LogP contribution in [0.25, 0.3) is 0 Å². The number of aliphatic imine (C=N–C) groups is 1.